The number of aliphatic imine (C=N–C) groups is 1. The molecule has 130 valence electrons. The van der Waals surface area contributed by atoms with E-state index in [9.17, 15) is 4.79 Å². The van der Waals surface area contributed by atoms with Crippen molar-refractivity contribution in [2.45, 2.75) is 26.8 Å². The van der Waals surface area contributed by atoms with Crippen molar-refractivity contribution >= 4 is 28.5 Å². The molecule has 0 saturated carbocycles. The number of para-hydroxylation sites is 1. The number of amides is 1. The zero-order chi connectivity index (χ0) is 18.0. The van der Waals surface area contributed by atoms with Crippen molar-refractivity contribution in [3.8, 4) is 0 Å². The summed E-state index contributed by atoms with van der Waals surface area (Å²) < 4.78 is 5.76. The van der Waals surface area contributed by atoms with E-state index in [1.54, 1.807) is 0 Å². The smallest absolute Gasteiger partial charge is 0.256 e. The Morgan fingerprint density at radius 1 is 1.20 bits per heavy atom. The molecule has 6 heteroatoms. The average Bonchev–Trinajstić information content (AvgIpc) is 3.02. The van der Waals surface area contributed by atoms with E-state index in [2.05, 4.69) is 15.6 Å². The number of hydrogen-bond acceptors (Lipinski definition) is 5. The van der Waals surface area contributed by atoms with E-state index in [-0.39, 0.29) is 5.91 Å². The van der Waals surface area contributed by atoms with Crippen LogP contribution < -0.4 is 10.6 Å². The van der Waals surface area contributed by atoms with E-state index in [0.29, 0.717) is 11.3 Å². The summed E-state index contributed by atoms with van der Waals surface area (Å²) >= 11 is 1.51. The molecule has 1 atom stereocenters. The maximum absolute atomic E-state index is 13.0. The summed E-state index contributed by atoms with van der Waals surface area (Å²) in [6.07, 6.45) is 1.95. The van der Waals surface area contributed by atoms with Crippen LogP contribution in [0.15, 0.2) is 57.1 Å². The first-order chi connectivity index (χ1) is 12.0. The summed E-state index contributed by atoms with van der Waals surface area (Å²) in [7, 11) is 0. The second-order valence-electron chi connectivity index (χ2n) is 5.92. The minimum absolute atomic E-state index is 0.178. The van der Waals surface area contributed by atoms with Gasteiger partial charge in [0.15, 0.2) is 5.17 Å². The highest BCUT2D eigenvalue weighted by molar-refractivity contribution is 8.13. The topological polar surface area (TPSA) is 66.6 Å². The molecular weight excluding hydrogens is 334 g/mol. The van der Waals surface area contributed by atoms with Crippen molar-refractivity contribution in [2.75, 3.05) is 11.6 Å². The Balaban J connectivity index is 1.96. The van der Waals surface area contributed by atoms with Crippen LogP contribution in [0.4, 0.5) is 5.69 Å². The minimum atomic E-state index is -0.457. The molecule has 0 spiro atoms. The molecule has 3 rings (SSSR count). The third-order valence-electron chi connectivity index (χ3n) is 4.08. The largest absolute Gasteiger partial charge is 0.464 e. The van der Waals surface area contributed by atoms with Gasteiger partial charge in [0.2, 0.25) is 0 Å². The zero-order valence-electron chi connectivity index (χ0n) is 14.7. The van der Waals surface area contributed by atoms with Crippen LogP contribution in [-0.2, 0) is 4.79 Å². The highest BCUT2D eigenvalue weighted by Gasteiger charge is 2.31. The normalized spacial score (nSPS) is 17.1. The van der Waals surface area contributed by atoms with Gasteiger partial charge in [-0.1, -0.05) is 30.0 Å². The molecule has 1 amide bonds. The van der Waals surface area contributed by atoms with Crippen LogP contribution >= 0.6 is 11.8 Å². The minimum Gasteiger partial charge on any atom is -0.464 e. The number of benzene rings is 1. The van der Waals surface area contributed by atoms with Gasteiger partial charge >= 0.3 is 0 Å². The van der Waals surface area contributed by atoms with E-state index in [1.165, 1.54) is 11.8 Å². The molecule has 5 nitrogen and oxygen atoms in total. The predicted octanol–water partition coefficient (Wildman–Crippen LogP) is 4.17. The van der Waals surface area contributed by atoms with Crippen LogP contribution in [0, 0.1) is 13.8 Å². The summed E-state index contributed by atoms with van der Waals surface area (Å²) in [5.41, 5.74) is 3.15. The van der Waals surface area contributed by atoms with Gasteiger partial charge in [-0.15, -0.1) is 0 Å². The van der Waals surface area contributed by atoms with Gasteiger partial charge in [-0.05, 0) is 50.8 Å². The third kappa shape index (κ3) is 3.64. The van der Waals surface area contributed by atoms with Crippen molar-refractivity contribution in [2.24, 2.45) is 4.99 Å². The number of rotatable bonds is 3. The number of carbonyl (C=O) groups excluding carboxylic acids is 1. The van der Waals surface area contributed by atoms with Gasteiger partial charge in [0.25, 0.3) is 5.91 Å². The first-order valence-electron chi connectivity index (χ1n) is 8.02. The molecule has 2 N–H and O–H groups in total. The lowest BCUT2D eigenvalue weighted by atomic mass is 10.0. The second-order valence-corrected chi connectivity index (χ2v) is 6.72. The lowest BCUT2D eigenvalue weighted by Crippen LogP contribution is -2.31. The van der Waals surface area contributed by atoms with E-state index in [0.717, 1.165) is 27.9 Å². The van der Waals surface area contributed by atoms with Crippen LogP contribution in [0.3, 0.4) is 0 Å². The number of hydrogen-bond donors (Lipinski definition) is 2. The van der Waals surface area contributed by atoms with Crippen LogP contribution in [0.2, 0.25) is 0 Å². The van der Waals surface area contributed by atoms with Gasteiger partial charge in [0.1, 0.15) is 17.6 Å². The number of amidine groups is 1. The summed E-state index contributed by atoms with van der Waals surface area (Å²) in [4.78, 5) is 17.6. The number of anilines is 1. The molecule has 0 unspecified atom stereocenters. The molecule has 1 aromatic heterocycles. The van der Waals surface area contributed by atoms with Crippen molar-refractivity contribution in [3.63, 3.8) is 0 Å². The first kappa shape index (κ1) is 17.4. The number of furan rings is 1. The Kier molecular flexibility index (Phi) is 4.99. The van der Waals surface area contributed by atoms with E-state index in [1.807, 2.05) is 63.4 Å². The zero-order valence-corrected chi connectivity index (χ0v) is 15.5. The van der Waals surface area contributed by atoms with E-state index < -0.39 is 6.04 Å². The SMILES string of the molecule is CSC1=N[C@H](c2ccc(C)o2)C(C(=O)Nc2ccccc2C)=C(C)N1. The summed E-state index contributed by atoms with van der Waals surface area (Å²) in [5.74, 6) is 1.29. The Morgan fingerprint density at radius 2 is 1.96 bits per heavy atom. The van der Waals surface area contributed by atoms with Gasteiger partial charge in [-0.2, -0.15) is 0 Å². The first-order valence-corrected chi connectivity index (χ1v) is 9.25. The van der Waals surface area contributed by atoms with Gasteiger partial charge < -0.3 is 15.1 Å². The summed E-state index contributed by atoms with van der Waals surface area (Å²) in [5, 5.41) is 6.96. The molecule has 0 fully saturated rings. The molecule has 1 aromatic carbocycles. The molecule has 0 saturated heterocycles. The molecule has 0 aliphatic carbocycles. The van der Waals surface area contributed by atoms with Crippen LogP contribution in [-0.4, -0.2) is 17.3 Å². The highest BCUT2D eigenvalue weighted by atomic mass is 32.2. The van der Waals surface area contributed by atoms with Gasteiger partial charge in [-0.25, -0.2) is 4.99 Å². The number of allylic oxidation sites excluding steroid dienone is 1. The molecule has 0 radical (unpaired) electrons. The van der Waals surface area contributed by atoms with Crippen LogP contribution in [0.1, 0.15) is 30.0 Å². The third-order valence-corrected chi connectivity index (χ3v) is 4.67. The summed E-state index contributed by atoms with van der Waals surface area (Å²) in [6, 6.07) is 11.0. The predicted molar refractivity (Wildman–Crippen MR) is 103 cm³/mol. The molecule has 25 heavy (non-hydrogen) atoms. The molecule has 1 aliphatic rings. The number of thioether (sulfide) groups is 1. The van der Waals surface area contributed by atoms with E-state index >= 15 is 0 Å². The number of nitrogens with zero attached hydrogens (tertiary/aromatic N) is 1. The number of nitrogens with one attached hydrogen (secondary N) is 2. The standard InChI is InChI=1S/C19H21N3O2S/c1-11-7-5-6-8-14(11)21-18(23)16-13(3)20-19(25-4)22-17(16)15-10-9-12(2)24-15/h5-10,17H,1-4H3,(H,20,22)(H,21,23)/t17-/m1/s1. The van der Waals surface area contributed by atoms with Gasteiger partial charge in [-0.3, -0.25) is 4.79 Å². The van der Waals surface area contributed by atoms with Gasteiger partial charge in [0.05, 0.1) is 5.57 Å². The molecule has 0 bridgehead atoms. The average molecular weight is 355 g/mol. The second kappa shape index (κ2) is 7.19. The fourth-order valence-electron chi connectivity index (χ4n) is 2.75. The number of aryl methyl sites for hydroxylation is 2. The fourth-order valence-corrected chi connectivity index (χ4v) is 3.22. The molecular formula is C19H21N3O2S. The summed E-state index contributed by atoms with van der Waals surface area (Å²) in [6.45, 7) is 5.74. The number of carbonyl (C=O) groups is 1. The van der Waals surface area contributed by atoms with Gasteiger partial charge in [0, 0.05) is 11.4 Å². The quantitative estimate of drug-likeness (QED) is 0.867. The Hall–Kier alpha value is -2.47. The Morgan fingerprint density at radius 3 is 2.60 bits per heavy atom. The highest BCUT2D eigenvalue weighted by Crippen LogP contribution is 2.33. The van der Waals surface area contributed by atoms with Crippen molar-refractivity contribution in [1.82, 2.24) is 5.32 Å². The maximum Gasteiger partial charge on any atom is 0.256 e. The van der Waals surface area contributed by atoms with Crippen molar-refractivity contribution in [1.29, 1.82) is 0 Å². The Bertz CT molecular complexity index is 867. The monoisotopic (exact) mass is 355 g/mol. The van der Waals surface area contributed by atoms with Crippen molar-refractivity contribution in [3.05, 3.63) is 64.8 Å². The lowest BCUT2D eigenvalue weighted by Gasteiger charge is -2.24. The van der Waals surface area contributed by atoms with Crippen LogP contribution in [0.25, 0.3) is 0 Å². The van der Waals surface area contributed by atoms with E-state index in [4.69, 9.17) is 4.42 Å². The fraction of sp³-hybridized carbons (Fsp3) is 0.263. The molecule has 2 heterocycles. The Labute approximate surface area is 151 Å². The van der Waals surface area contributed by atoms with Crippen LogP contribution in [0.5, 0.6) is 0 Å². The maximum atomic E-state index is 13.0. The molecule has 1 aliphatic heterocycles. The molecule has 2 aromatic rings. The lowest BCUT2D eigenvalue weighted by molar-refractivity contribution is -0.113. The van der Waals surface area contributed by atoms with Crippen molar-refractivity contribution < 1.29 is 9.21 Å².